The van der Waals surface area contributed by atoms with Gasteiger partial charge in [0.25, 0.3) is 5.91 Å². The van der Waals surface area contributed by atoms with Gasteiger partial charge in [-0.15, -0.1) is 0 Å². The second kappa shape index (κ2) is 13.0. The first kappa shape index (κ1) is 29.5. The summed E-state index contributed by atoms with van der Waals surface area (Å²) in [6.07, 6.45) is -3.45. The van der Waals surface area contributed by atoms with Gasteiger partial charge >= 0.3 is 12.1 Å². The summed E-state index contributed by atoms with van der Waals surface area (Å²) in [4.78, 5) is 21.6. The zero-order valence-electron chi connectivity index (χ0n) is 20.2. The fraction of sp³-hybridized carbons (Fsp3) is 0.292. The molecule has 0 radical (unpaired) electrons. The summed E-state index contributed by atoms with van der Waals surface area (Å²) in [6.45, 7) is 4.65. The van der Waals surface area contributed by atoms with Crippen LogP contribution in [0.2, 0.25) is 5.02 Å². The lowest BCUT2D eigenvalue weighted by Crippen LogP contribution is -2.21. The summed E-state index contributed by atoms with van der Waals surface area (Å²) in [5.41, 5.74) is 8.10. The van der Waals surface area contributed by atoms with Crippen LogP contribution in [0.25, 0.3) is 11.3 Å². The number of rotatable bonds is 8. The van der Waals surface area contributed by atoms with E-state index in [2.05, 4.69) is 10.4 Å². The highest BCUT2D eigenvalue weighted by Gasteiger charge is 2.38. The first-order valence-electron chi connectivity index (χ1n) is 10.9. The Balaban J connectivity index is 0.000000604. The zero-order chi connectivity index (χ0) is 27.8. The lowest BCUT2D eigenvalue weighted by atomic mass is 10.1. The Kier molecular flexibility index (Phi) is 10.3. The van der Waals surface area contributed by atoms with Gasteiger partial charge in [0.1, 0.15) is 18.1 Å². The van der Waals surface area contributed by atoms with Crippen LogP contribution in [0.5, 0.6) is 11.5 Å². The number of aromatic nitrogens is 2. The van der Waals surface area contributed by atoms with Gasteiger partial charge in [-0.2, -0.15) is 18.3 Å². The summed E-state index contributed by atoms with van der Waals surface area (Å²) in [5, 5.41) is 14.7. The van der Waals surface area contributed by atoms with Crippen LogP contribution in [-0.2, 0) is 11.8 Å². The molecule has 0 aliphatic rings. The van der Waals surface area contributed by atoms with Crippen molar-refractivity contribution in [3.63, 3.8) is 0 Å². The number of aliphatic carboxylic acids is 1. The van der Waals surface area contributed by atoms with Crippen LogP contribution in [0, 0.1) is 0 Å². The lowest BCUT2D eigenvalue weighted by molar-refractivity contribution is -0.192. The number of benzene rings is 2. The Morgan fingerprint density at radius 2 is 1.81 bits per heavy atom. The van der Waals surface area contributed by atoms with E-state index in [1.165, 1.54) is 0 Å². The summed E-state index contributed by atoms with van der Waals surface area (Å²) >= 11 is 6.33. The number of aryl methyl sites for hydroxylation is 1. The third-order valence-corrected chi connectivity index (χ3v) is 4.77. The van der Waals surface area contributed by atoms with Crippen molar-refractivity contribution in [1.82, 2.24) is 9.78 Å². The van der Waals surface area contributed by atoms with E-state index in [1.807, 2.05) is 19.9 Å². The number of carboxylic acid groups (broad SMARTS) is 1. The molecule has 0 fully saturated rings. The molecule has 0 bridgehead atoms. The molecule has 0 atom stereocenters. The number of halogens is 4. The smallest absolute Gasteiger partial charge is 0.490 e. The molecule has 0 saturated carbocycles. The normalized spacial score (nSPS) is 10.9. The summed E-state index contributed by atoms with van der Waals surface area (Å²) in [6, 6.07) is 12.4. The highest BCUT2D eigenvalue weighted by molar-refractivity contribution is 6.33. The maximum atomic E-state index is 12.7. The Morgan fingerprint density at radius 1 is 1.19 bits per heavy atom. The number of ether oxygens (including phenoxy) is 2. The molecule has 0 unspecified atom stereocenters. The average molecular weight is 543 g/mol. The molecule has 37 heavy (non-hydrogen) atoms. The summed E-state index contributed by atoms with van der Waals surface area (Å²) in [7, 11) is 1.79. The van der Waals surface area contributed by atoms with Crippen molar-refractivity contribution in [1.29, 1.82) is 0 Å². The molecule has 1 aromatic heterocycles. The molecule has 0 spiro atoms. The van der Waals surface area contributed by atoms with Gasteiger partial charge in [-0.05, 0) is 56.3 Å². The second-order valence-corrected chi connectivity index (χ2v) is 8.17. The summed E-state index contributed by atoms with van der Waals surface area (Å²) < 4.78 is 44.8. The number of anilines is 1. The van der Waals surface area contributed by atoms with Crippen LogP contribution < -0.4 is 20.5 Å². The minimum absolute atomic E-state index is 0.0712. The Morgan fingerprint density at radius 3 is 2.30 bits per heavy atom. The fourth-order valence-corrected chi connectivity index (χ4v) is 3.23. The minimum atomic E-state index is -5.08. The molecule has 2 aromatic carbocycles. The molecule has 0 aliphatic heterocycles. The quantitative estimate of drug-likeness (QED) is 0.374. The van der Waals surface area contributed by atoms with Gasteiger partial charge < -0.3 is 25.6 Å². The first-order chi connectivity index (χ1) is 17.3. The van der Waals surface area contributed by atoms with Crippen molar-refractivity contribution in [2.24, 2.45) is 12.8 Å². The van der Waals surface area contributed by atoms with E-state index in [1.54, 1.807) is 54.3 Å². The highest BCUT2D eigenvalue weighted by Crippen LogP contribution is 2.36. The molecule has 9 nitrogen and oxygen atoms in total. The number of nitrogens with one attached hydrogen (secondary N) is 1. The number of alkyl halides is 3. The van der Waals surface area contributed by atoms with Crippen molar-refractivity contribution in [2.45, 2.75) is 26.1 Å². The van der Waals surface area contributed by atoms with Crippen LogP contribution in [-0.4, -0.2) is 52.2 Å². The number of hydrogen-bond acceptors (Lipinski definition) is 6. The molecule has 0 aliphatic carbocycles. The van der Waals surface area contributed by atoms with E-state index < -0.39 is 12.1 Å². The fourth-order valence-electron chi connectivity index (χ4n) is 2.96. The molecular weight excluding hydrogens is 517 g/mol. The third-order valence-electron chi connectivity index (χ3n) is 4.49. The van der Waals surface area contributed by atoms with Crippen LogP contribution in [0.3, 0.4) is 0 Å². The molecule has 4 N–H and O–H groups in total. The maximum Gasteiger partial charge on any atom is 0.490 e. The topological polar surface area (TPSA) is 129 Å². The van der Waals surface area contributed by atoms with Gasteiger partial charge in [0.15, 0.2) is 0 Å². The molecular formula is C24H26ClF3N4O5. The minimum Gasteiger partial charge on any atom is -0.492 e. The van der Waals surface area contributed by atoms with E-state index in [9.17, 15) is 18.0 Å². The van der Waals surface area contributed by atoms with E-state index in [-0.39, 0.29) is 12.0 Å². The van der Waals surface area contributed by atoms with Gasteiger partial charge in [-0.1, -0.05) is 11.6 Å². The van der Waals surface area contributed by atoms with Gasteiger partial charge in [0.2, 0.25) is 0 Å². The number of nitrogens with zero attached hydrogens (tertiary/aromatic N) is 2. The van der Waals surface area contributed by atoms with E-state index >= 15 is 0 Å². The monoisotopic (exact) mass is 542 g/mol. The third kappa shape index (κ3) is 8.69. The predicted molar refractivity (Wildman–Crippen MR) is 132 cm³/mol. The number of carbonyl (C=O) groups excluding carboxylic acids is 1. The number of amides is 1. The lowest BCUT2D eigenvalue weighted by Gasteiger charge is -2.14. The van der Waals surface area contributed by atoms with Gasteiger partial charge in [0.05, 0.1) is 23.0 Å². The molecule has 1 amide bonds. The number of hydrogen-bond donors (Lipinski definition) is 3. The molecule has 3 rings (SSSR count). The van der Waals surface area contributed by atoms with Crippen molar-refractivity contribution in [3.05, 3.63) is 59.2 Å². The molecule has 200 valence electrons. The van der Waals surface area contributed by atoms with Crippen LogP contribution in [0.15, 0.2) is 48.7 Å². The van der Waals surface area contributed by atoms with E-state index in [4.69, 9.17) is 36.7 Å². The molecule has 3 aromatic rings. The Hall–Kier alpha value is -3.77. The van der Waals surface area contributed by atoms with E-state index in [0.717, 1.165) is 5.75 Å². The van der Waals surface area contributed by atoms with Crippen molar-refractivity contribution >= 4 is 29.2 Å². The maximum absolute atomic E-state index is 12.7. The molecule has 13 heteroatoms. The SMILES string of the molecule is CC(C)Oc1ccc(C(=O)Nc2ccc(OCCN)c(-c3c(Cl)cnn3C)c2)cc1.O=C(O)C(F)(F)F. The zero-order valence-corrected chi connectivity index (χ0v) is 20.9. The number of carbonyl (C=O) groups is 2. The molecule has 0 saturated heterocycles. The van der Waals surface area contributed by atoms with Crippen LogP contribution >= 0.6 is 11.6 Å². The largest absolute Gasteiger partial charge is 0.492 e. The number of carboxylic acids is 1. The Bertz CT molecular complexity index is 1190. The molecule has 1 heterocycles. The second-order valence-electron chi connectivity index (χ2n) is 7.76. The highest BCUT2D eigenvalue weighted by atomic mass is 35.5. The van der Waals surface area contributed by atoms with E-state index in [0.29, 0.717) is 46.4 Å². The van der Waals surface area contributed by atoms with Crippen LogP contribution in [0.1, 0.15) is 24.2 Å². The van der Waals surface area contributed by atoms with Gasteiger partial charge in [-0.25, -0.2) is 4.79 Å². The van der Waals surface area contributed by atoms with Crippen molar-refractivity contribution in [2.75, 3.05) is 18.5 Å². The Labute approximate surface area is 215 Å². The predicted octanol–water partition coefficient (Wildman–Crippen LogP) is 4.75. The summed E-state index contributed by atoms with van der Waals surface area (Å²) in [5.74, 6) is -1.66. The van der Waals surface area contributed by atoms with Crippen molar-refractivity contribution < 1.29 is 37.3 Å². The number of nitrogens with two attached hydrogens (primary N) is 1. The van der Waals surface area contributed by atoms with Crippen molar-refractivity contribution in [3.8, 4) is 22.8 Å². The standard InChI is InChI=1S/C22H25ClN4O3.C2HF3O2/c1-14(2)30-17-7-4-15(5-8-17)22(28)26-16-6-9-20(29-11-10-24)18(12-16)21-19(23)13-25-27(21)3;3-2(4,5)1(6)7/h4-9,12-14H,10-11,24H2,1-3H3,(H,26,28);(H,6,7). The first-order valence-corrected chi connectivity index (χ1v) is 11.2. The van der Waals surface area contributed by atoms with Gasteiger partial charge in [-0.3, -0.25) is 9.48 Å². The van der Waals surface area contributed by atoms with Gasteiger partial charge in [0, 0.05) is 30.4 Å². The van der Waals surface area contributed by atoms with Crippen LogP contribution in [0.4, 0.5) is 18.9 Å². The average Bonchev–Trinajstić information content (AvgIpc) is 3.15.